The number of carbonyl (C=O) groups is 1. The second-order valence-corrected chi connectivity index (χ2v) is 9.04. The van der Waals surface area contributed by atoms with Crippen molar-refractivity contribution in [3.05, 3.63) is 24.8 Å². The molecule has 4 bridgehead atoms. The van der Waals surface area contributed by atoms with Crippen molar-refractivity contribution in [2.24, 2.45) is 17.3 Å². The number of nitrogens with one attached hydrogen (secondary N) is 1. The average molecular weight is 394 g/mol. The second kappa shape index (κ2) is 5.77. The number of rotatable bonds is 4. The van der Waals surface area contributed by atoms with Crippen LogP contribution < -0.4 is 10.1 Å². The molecule has 0 radical (unpaired) electrons. The van der Waals surface area contributed by atoms with Crippen molar-refractivity contribution in [2.75, 3.05) is 12.4 Å². The normalized spacial score (nSPS) is 32.6. The number of nitrogens with zero attached hydrogens (tertiary/aromatic N) is 5. The lowest BCUT2D eigenvalue weighted by molar-refractivity contribution is -0.150. The van der Waals surface area contributed by atoms with E-state index in [1.54, 1.807) is 25.6 Å². The predicted octanol–water partition coefficient (Wildman–Crippen LogP) is 2.76. The summed E-state index contributed by atoms with van der Waals surface area (Å²) in [5.74, 6) is 1.73. The fourth-order valence-electron chi connectivity index (χ4n) is 6.57. The van der Waals surface area contributed by atoms with Crippen LogP contribution in [-0.4, -0.2) is 38.1 Å². The Balaban J connectivity index is 1.35. The van der Waals surface area contributed by atoms with Crippen LogP contribution in [-0.2, 0) is 10.3 Å². The lowest BCUT2D eigenvalue weighted by atomic mass is 9.46. The van der Waals surface area contributed by atoms with E-state index < -0.39 is 0 Å². The van der Waals surface area contributed by atoms with Gasteiger partial charge in [-0.1, -0.05) is 0 Å². The molecule has 0 aliphatic heterocycles. The van der Waals surface area contributed by atoms with E-state index in [0.29, 0.717) is 34.3 Å². The smallest absolute Gasteiger partial charge is 0.230 e. The molecule has 4 saturated carbocycles. The summed E-state index contributed by atoms with van der Waals surface area (Å²) in [5.41, 5.74) is 1.14. The summed E-state index contributed by atoms with van der Waals surface area (Å²) in [4.78, 5) is 17.8. The Hall–Kier alpha value is -2.97. The quantitative estimate of drug-likeness (QED) is 0.725. The van der Waals surface area contributed by atoms with Crippen LogP contribution in [0.3, 0.4) is 0 Å². The van der Waals surface area contributed by atoms with E-state index in [1.807, 2.05) is 11.0 Å². The van der Waals surface area contributed by atoms with E-state index in [2.05, 4.69) is 25.7 Å². The number of aromatic nitrogens is 5. The summed E-state index contributed by atoms with van der Waals surface area (Å²) in [6, 6.07) is 3.58. The zero-order chi connectivity index (χ0) is 19.6. The summed E-state index contributed by atoms with van der Waals surface area (Å²) < 4.78 is 12.2. The van der Waals surface area contributed by atoms with Crippen molar-refractivity contribution >= 4 is 22.6 Å². The Labute approximate surface area is 166 Å². The molecule has 9 heteroatoms. The van der Waals surface area contributed by atoms with Crippen LogP contribution in [0.2, 0.25) is 0 Å². The molecule has 3 aromatic rings. The van der Waals surface area contributed by atoms with Crippen LogP contribution in [0.1, 0.15) is 38.5 Å². The third-order valence-corrected chi connectivity index (χ3v) is 7.26. The standard InChI is InChI=1S/C20H22N6O3/c1-28-15-3-2-14(16-17(15)25-29-24-16)23-18(27)19-5-12-4-13(6-19)8-20(7-12,9-19)26-11-21-10-22-26/h2-3,10-13H,4-9H2,1H3,(H,23,27). The number of ether oxygens (including phenoxy) is 1. The summed E-state index contributed by atoms with van der Waals surface area (Å²) in [6.45, 7) is 0. The molecule has 4 fully saturated rings. The molecule has 1 amide bonds. The van der Waals surface area contributed by atoms with Crippen molar-refractivity contribution < 1.29 is 14.2 Å². The van der Waals surface area contributed by atoms with Gasteiger partial charge in [-0.05, 0) is 72.8 Å². The number of fused-ring (bicyclic) bond motifs is 1. The summed E-state index contributed by atoms with van der Waals surface area (Å²) in [7, 11) is 1.57. The molecule has 29 heavy (non-hydrogen) atoms. The maximum absolute atomic E-state index is 13.6. The van der Waals surface area contributed by atoms with Crippen molar-refractivity contribution in [1.29, 1.82) is 0 Å². The highest BCUT2D eigenvalue weighted by Gasteiger charge is 2.61. The van der Waals surface area contributed by atoms with Crippen LogP contribution in [0.15, 0.2) is 29.4 Å². The van der Waals surface area contributed by atoms with Gasteiger partial charge in [0.25, 0.3) is 0 Å². The molecule has 1 N–H and O–H groups in total. The number of carbonyl (C=O) groups excluding carboxylic acids is 1. The van der Waals surface area contributed by atoms with Gasteiger partial charge in [-0.2, -0.15) is 5.10 Å². The van der Waals surface area contributed by atoms with Crippen molar-refractivity contribution in [2.45, 2.75) is 44.1 Å². The molecule has 2 unspecified atom stereocenters. The van der Waals surface area contributed by atoms with Gasteiger partial charge in [-0.3, -0.25) is 4.79 Å². The molecule has 2 aromatic heterocycles. The van der Waals surface area contributed by atoms with E-state index in [4.69, 9.17) is 9.37 Å². The monoisotopic (exact) mass is 394 g/mol. The van der Waals surface area contributed by atoms with Crippen LogP contribution in [0.25, 0.3) is 11.0 Å². The SMILES string of the molecule is COc1ccc(NC(=O)C23CC4CC(C2)CC(n2cncn2)(C4)C3)c2nonc12. The first-order valence-electron chi connectivity index (χ1n) is 10.1. The van der Waals surface area contributed by atoms with E-state index in [1.165, 1.54) is 6.42 Å². The maximum Gasteiger partial charge on any atom is 0.230 e. The molecule has 0 spiro atoms. The minimum absolute atomic E-state index is 0.0607. The number of benzene rings is 1. The lowest BCUT2D eigenvalue weighted by Crippen LogP contribution is -2.60. The Bertz CT molecular complexity index is 1080. The summed E-state index contributed by atoms with van der Waals surface area (Å²) in [5, 5.41) is 15.5. The topological polar surface area (TPSA) is 108 Å². The van der Waals surface area contributed by atoms with Gasteiger partial charge >= 0.3 is 0 Å². The highest BCUT2D eigenvalue weighted by atomic mass is 16.6. The van der Waals surface area contributed by atoms with Crippen LogP contribution in [0.4, 0.5) is 5.69 Å². The van der Waals surface area contributed by atoms with Crippen LogP contribution in [0.5, 0.6) is 5.75 Å². The van der Waals surface area contributed by atoms with Gasteiger partial charge in [0.1, 0.15) is 12.7 Å². The summed E-state index contributed by atoms with van der Waals surface area (Å²) >= 11 is 0. The minimum atomic E-state index is -0.389. The van der Waals surface area contributed by atoms with Crippen LogP contribution >= 0.6 is 0 Å². The summed E-state index contributed by atoms with van der Waals surface area (Å²) in [6.07, 6.45) is 9.46. The molecule has 1 aromatic carbocycles. The third kappa shape index (κ3) is 2.36. The number of hydrogen-bond acceptors (Lipinski definition) is 7. The Kier molecular flexibility index (Phi) is 3.37. The maximum atomic E-state index is 13.6. The van der Waals surface area contributed by atoms with E-state index >= 15 is 0 Å². The van der Waals surface area contributed by atoms with Crippen molar-refractivity contribution in [3.63, 3.8) is 0 Å². The minimum Gasteiger partial charge on any atom is -0.494 e. The molecule has 0 saturated heterocycles. The lowest BCUT2D eigenvalue weighted by Gasteiger charge is -2.60. The van der Waals surface area contributed by atoms with E-state index in [0.717, 1.165) is 32.1 Å². The van der Waals surface area contributed by atoms with Gasteiger partial charge in [0.15, 0.2) is 16.8 Å². The van der Waals surface area contributed by atoms with Crippen molar-refractivity contribution in [3.8, 4) is 5.75 Å². The molecular weight excluding hydrogens is 372 g/mol. The molecule has 150 valence electrons. The highest BCUT2D eigenvalue weighted by molar-refractivity contribution is 6.03. The van der Waals surface area contributed by atoms with Crippen LogP contribution in [0, 0.1) is 17.3 Å². The van der Waals surface area contributed by atoms with Gasteiger partial charge in [-0.25, -0.2) is 14.3 Å². The first kappa shape index (κ1) is 16.9. The van der Waals surface area contributed by atoms with Crippen molar-refractivity contribution in [1.82, 2.24) is 25.1 Å². The zero-order valence-corrected chi connectivity index (χ0v) is 16.2. The molecule has 4 aliphatic carbocycles. The van der Waals surface area contributed by atoms with Gasteiger partial charge in [0.05, 0.1) is 23.8 Å². The molecular formula is C20H22N6O3. The average Bonchev–Trinajstić information content (AvgIpc) is 3.40. The van der Waals surface area contributed by atoms with Gasteiger partial charge in [-0.15, -0.1) is 0 Å². The molecule has 2 heterocycles. The van der Waals surface area contributed by atoms with Gasteiger partial charge < -0.3 is 10.1 Å². The molecule has 9 nitrogen and oxygen atoms in total. The number of hydrogen-bond donors (Lipinski definition) is 1. The Morgan fingerprint density at radius 2 is 2.00 bits per heavy atom. The number of anilines is 1. The Morgan fingerprint density at radius 3 is 2.72 bits per heavy atom. The fraction of sp³-hybridized carbons (Fsp3) is 0.550. The highest BCUT2D eigenvalue weighted by Crippen LogP contribution is 2.64. The Morgan fingerprint density at radius 1 is 1.21 bits per heavy atom. The van der Waals surface area contributed by atoms with Gasteiger partial charge in [0, 0.05) is 0 Å². The molecule has 4 aliphatic rings. The van der Waals surface area contributed by atoms with Gasteiger partial charge in [0.2, 0.25) is 5.91 Å². The number of amides is 1. The zero-order valence-electron chi connectivity index (χ0n) is 16.2. The second-order valence-electron chi connectivity index (χ2n) is 9.04. The first-order chi connectivity index (χ1) is 14.1. The predicted molar refractivity (Wildman–Crippen MR) is 102 cm³/mol. The first-order valence-corrected chi connectivity index (χ1v) is 10.1. The largest absolute Gasteiger partial charge is 0.494 e. The number of methoxy groups -OCH3 is 1. The third-order valence-electron chi connectivity index (χ3n) is 7.26. The fourth-order valence-corrected chi connectivity index (χ4v) is 6.57. The molecule has 7 rings (SSSR count). The van der Waals surface area contributed by atoms with E-state index in [-0.39, 0.29) is 16.9 Å². The van der Waals surface area contributed by atoms with E-state index in [9.17, 15) is 4.79 Å². The molecule has 2 atom stereocenters.